The van der Waals surface area contributed by atoms with E-state index < -0.39 is 23.4 Å². The highest BCUT2D eigenvalue weighted by Crippen LogP contribution is 1.98. The van der Waals surface area contributed by atoms with Crippen molar-refractivity contribution in [3.8, 4) is 0 Å². The number of rotatable bonds is 0. The van der Waals surface area contributed by atoms with E-state index >= 15 is 0 Å². The lowest BCUT2D eigenvalue weighted by atomic mass is 10.3. The molecule has 0 N–H and O–H groups in total. The van der Waals surface area contributed by atoms with Gasteiger partial charge in [-0.2, -0.15) is 0 Å². The second-order valence-electron chi connectivity index (χ2n) is 2.59. The second-order valence-corrected chi connectivity index (χ2v) is 2.59. The van der Waals surface area contributed by atoms with E-state index in [-0.39, 0.29) is 10.7 Å². The molecule has 0 saturated carbocycles. The molecule has 70 valence electrons. The van der Waals surface area contributed by atoms with Gasteiger partial charge in [0.25, 0.3) is 0 Å². The van der Waals surface area contributed by atoms with Crippen LogP contribution in [0.4, 0.5) is 8.78 Å². The van der Waals surface area contributed by atoms with E-state index in [1.165, 1.54) is 0 Å². The summed E-state index contributed by atoms with van der Waals surface area (Å²) in [6.45, 7) is 0. The lowest BCUT2D eigenvalue weighted by Gasteiger charge is -1.97. The molecule has 4 nitrogen and oxygen atoms in total. The van der Waals surface area contributed by atoms with Crippen LogP contribution < -0.4 is 10.7 Å². The lowest BCUT2D eigenvalue weighted by Crippen LogP contribution is -2.35. The molecule has 2 rings (SSSR count). The summed E-state index contributed by atoms with van der Waals surface area (Å²) < 4.78 is 25.3. The van der Waals surface area contributed by atoms with Crippen LogP contribution in [0.5, 0.6) is 0 Å². The van der Waals surface area contributed by atoms with Crippen molar-refractivity contribution in [2.75, 3.05) is 0 Å². The van der Waals surface area contributed by atoms with Gasteiger partial charge >= 0.3 is 11.8 Å². The Hall–Kier alpha value is -1.98. The average Bonchev–Trinajstić information content (AvgIpc) is 2.11. The minimum atomic E-state index is -1.13. The lowest BCUT2D eigenvalue weighted by molar-refractivity contribution is -0.135. The Morgan fingerprint density at radius 1 is 0.857 bits per heavy atom. The highest BCUT2D eigenvalue weighted by atomic mass is 19.2. The number of halogens is 2. The van der Waals surface area contributed by atoms with E-state index in [1.54, 1.807) is 0 Å². The van der Waals surface area contributed by atoms with E-state index in [1.807, 2.05) is 0 Å². The summed E-state index contributed by atoms with van der Waals surface area (Å²) in [5.41, 5.74) is 0. The smallest absolute Gasteiger partial charge is 0.261 e. The zero-order valence-corrected chi connectivity index (χ0v) is 6.62. The number of hydrogen-bond donors (Lipinski definition) is 0. The summed E-state index contributed by atoms with van der Waals surface area (Å²) in [4.78, 5) is 27.9. The maximum atomic E-state index is 12.7. The highest BCUT2D eigenvalue weighted by molar-refractivity contribution is 6.36. The minimum absolute atomic E-state index is 0.131. The topological polar surface area (TPSA) is 58.9 Å². The summed E-state index contributed by atoms with van der Waals surface area (Å²) in [6, 6.07) is 1.44. The van der Waals surface area contributed by atoms with Gasteiger partial charge in [-0.1, -0.05) is 0 Å². The predicted octanol–water partition coefficient (Wildman–Crippen LogP) is -0.729. The molecule has 1 aliphatic rings. The molecule has 0 radical (unpaired) electrons. The van der Waals surface area contributed by atoms with Crippen LogP contribution in [0, 0.1) is 11.6 Å². The summed E-state index contributed by atoms with van der Waals surface area (Å²) >= 11 is 0. The third kappa shape index (κ3) is 1.20. The van der Waals surface area contributed by atoms with Crippen molar-refractivity contribution in [1.82, 2.24) is 0 Å². The molecule has 0 bridgehead atoms. The van der Waals surface area contributed by atoms with Crippen LogP contribution in [0.3, 0.4) is 0 Å². The molecule has 0 aliphatic carbocycles. The molecule has 14 heavy (non-hydrogen) atoms. The van der Waals surface area contributed by atoms with E-state index in [0.29, 0.717) is 0 Å². The fourth-order valence-electron chi connectivity index (χ4n) is 1.02. The standard InChI is InChI=1S/C8H2F2N2O2/c9-3-1-5-6(2-4(3)10)12-8(14)7(13)11-5/h1-2H. The van der Waals surface area contributed by atoms with Gasteiger partial charge in [0.15, 0.2) is 11.6 Å². The number of amides is 2. The van der Waals surface area contributed by atoms with Crippen molar-refractivity contribution in [3.63, 3.8) is 0 Å². The summed E-state index contributed by atoms with van der Waals surface area (Å²) in [7, 11) is 0. The van der Waals surface area contributed by atoms with Crippen molar-refractivity contribution in [1.29, 1.82) is 0 Å². The number of fused-ring (bicyclic) bond motifs is 1. The van der Waals surface area contributed by atoms with Gasteiger partial charge in [0, 0.05) is 12.1 Å². The number of nitrogens with zero attached hydrogens (tertiary/aromatic N) is 2. The van der Waals surface area contributed by atoms with Crippen LogP contribution in [0.1, 0.15) is 0 Å². The maximum absolute atomic E-state index is 12.7. The Bertz CT molecular complexity index is 514. The molecule has 2 amide bonds. The molecule has 1 aliphatic heterocycles. The van der Waals surface area contributed by atoms with Crippen LogP contribution in [-0.4, -0.2) is 11.8 Å². The maximum Gasteiger partial charge on any atom is 0.338 e. The van der Waals surface area contributed by atoms with Crippen LogP contribution in [-0.2, 0) is 9.59 Å². The van der Waals surface area contributed by atoms with Gasteiger partial charge in [-0.05, 0) is 0 Å². The molecular formula is C8H2F2N2O2. The van der Waals surface area contributed by atoms with Crippen molar-refractivity contribution < 1.29 is 18.4 Å². The predicted molar refractivity (Wildman–Crippen MR) is 38.7 cm³/mol. The molecule has 0 spiro atoms. The van der Waals surface area contributed by atoms with E-state index in [0.717, 1.165) is 12.1 Å². The van der Waals surface area contributed by atoms with Gasteiger partial charge in [-0.15, -0.1) is 0 Å². The van der Waals surface area contributed by atoms with Gasteiger partial charge in [-0.25, -0.2) is 18.8 Å². The third-order valence-electron chi connectivity index (χ3n) is 1.64. The highest BCUT2D eigenvalue weighted by Gasteiger charge is 2.16. The van der Waals surface area contributed by atoms with Gasteiger partial charge < -0.3 is 0 Å². The van der Waals surface area contributed by atoms with Gasteiger partial charge in [0.2, 0.25) is 0 Å². The van der Waals surface area contributed by atoms with Crippen molar-refractivity contribution in [2.24, 2.45) is 9.98 Å². The Labute approximate surface area is 75.6 Å². The molecular weight excluding hydrogens is 194 g/mol. The monoisotopic (exact) mass is 196 g/mol. The van der Waals surface area contributed by atoms with Crippen LogP contribution in [0.15, 0.2) is 22.1 Å². The molecule has 6 heteroatoms. The van der Waals surface area contributed by atoms with Gasteiger partial charge in [0.1, 0.15) is 0 Å². The zero-order valence-electron chi connectivity index (χ0n) is 6.62. The zero-order chi connectivity index (χ0) is 10.3. The first-order chi connectivity index (χ1) is 6.58. The Balaban J connectivity index is 2.87. The number of carbonyl (C=O) groups excluding carboxylic acids is 2. The second kappa shape index (κ2) is 2.76. The Kier molecular flexibility index (Phi) is 1.70. The first-order valence-electron chi connectivity index (χ1n) is 3.59. The fraction of sp³-hybridized carbons (Fsp3) is 0. The van der Waals surface area contributed by atoms with Crippen molar-refractivity contribution in [2.45, 2.75) is 0 Å². The van der Waals surface area contributed by atoms with E-state index in [2.05, 4.69) is 9.98 Å². The molecule has 0 saturated heterocycles. The van der Waals surface area contributed by atoms with Gasteiger partial charge in [-0.3, -0.25) is 9.59 Å². The molecule has 1 heterocycles. The molecule has 0 fully saturated rings. The summed E-state index contributed by atoms with van der Waals surface area (Å²) in [5.74, 6) is -4.43. The Morgan fingerprint density at radius 3 is 1.57 bits per heavy atom. The fourth-order valence-corrected chi connectivity index (χ4v) is 1.02. The Morgan fingerprint density at radius 2 is 1.21 bits per heavy atom. The molecule has 0 unspecified atom stereocenters. The number of carbonyl (C=O) groups is 2. The van der Waals surface area contributed by atoms with Crippen LogP contribution >= 0.6 is 0 Å². The average molecular weight is 196 g/mol. The normalized spacial score (nSPS) is 14.4. The number of benzene rings is 1. The molecule has 1 aromatic rings. The first-order valence-corrected chi connectivity index (χ1v) is 3.59. The number of hydrogen-bond acceptors (Lipinski definition) is 2. The third-order valence-corrected chi connectivity index (χ3v) is 1.64. The molecule has 0 aromatic heterocycles. The van der Waals surface area contributed by atoms with Crippen molar-refractivity contribution >= 4 is 11.8 Å². The largest absolute Gasteiger partial charge is 0.338 e. The summed E-state index contributed by atoms with van der Waals surface area (Å²) in [6.07, 6.45) is 0. The molecule has 1 aromatic carbocycles. The minimum Gasteiger partial charge on any atom is -0.261 e. The van der Waals surface area contributed by atoms with Crippen LogP contribution in [0.2, 0.25) is 0 Å². The quantitative estimate of drug-likeness (QED) is 0.513. The first kappa shape index (κ1) is 8.61. The SMILES string of the molecule is O=C1N=c2cc(F)c(F)cc2=NC1=O. The van der Waals surface area contributed by atoms with E-state index in [4.69, 9.17) is 0 Å². The summed E-state index contributed by atoms with van der Waals surface area (Å²) in [5, 5.41) is -0.262. The van der Waals surface area contributed by atoms with Crippen LogP contribution in [0.25, 0.3) is 0 Å². The molecule has 0 atom stereocenters. The van der Waals surface area contributed by atoms with E-state index in [9.17, 15) is 18.4 Å². The van der Waals surface area contributed by atoms with Crippen molar-refractivity contribution in [3.05, 3.63) is 34.5 Å². The van der Waals surface area contributed by atoms with Gasteiger partial charge in [0.05, 0.1) is 10.7 Å².